The third-order valence-corrected chi connectivity index (χ3v) is 17.3. The van der Waals surface area contributed by atoms with Gasteiger partial charge in [0.15, 0.2) is 11.6 Å². The molecular formula is C57H43NO4S3. The highest BCUT2D eigenvalue weighted by Gasteiger charge is 2.42. The Morgan fingerprint density at radius 1 is 0.631 bits per heavy atom. The first-order valence-corrected chi connectivity index (χ1v) is 24.4. The van der Waals surface area contributed by atoms with Crippen molar-refractivity contribution in [2.24, 2.45) is 0 Å². The van der Waals surface area contributed by atoms with Crippen molar-refractivity contribution in [3.8, 4) is 29.9 Å². The molecule has 2 unspecified atom stereocenters. The van der Waals surface area contributed by atoms with Crippen LogP contribution in [-0.2, 0) is 0 Å². The average molecular weight is 902 g/mol. The molecule has 1 N–H and O–H groups in total. The number of ketones is 2. The number of hydrogen-bond donors (Lipinski definition) is 1. The maximum absolute atomic E-state index is 13.3. The van der Waals surface area contributed by atoms with Crippen molar-refractivity contribution >= 4 is 80.6 Å². The van der Waals surface area contributed by atoms with Crippen LogP contribution in [0.25, 0.3) is 47.7 Å². The number of carboxylic acid groups (broad SMARTS) is 1. The number of nitrogens with zero attached hydrogens (tertiary/aromatic N) is 1. The van der Waals surface area contributed by atoms with E-state index in [4.69, 9.17) is 0 Å². The zero-order valence-electron chi connectivity index (χ0n) is 36.1. The fraction of sp³-hybridized carbons (Fsp3) is 0.140. The van der Waals surface area contributed by atoms with Gasteiger partial charge in [-0.1, -0.05) is 85.3 Å². The first-order chi connectivity index (χ1) is 31.6. The van der Waals surface area contributed by atoms with Crippen LogP contribution in [0.4, 0.5) is 11.4 Å². The summed E-state index contributed by atoms with van der Waals surface area (Å²) in [7, 11) is 0. The SMILES string of the molecule is Cc1cc(-c2cc(C)c(-c3sc(-c4ccc5c(c4)C4CCCC4N5c4ccc(C=C(c5ccccc5)c5ccccc5)cc4)cc3C)s2)sc1/C=C1\C(=O)c2ccc(C(=O)O)cc2C1=O. The molecule has 8 aromatic rings. The number of allylic oxidation sites excluding steroid dienone is 1. The molecule has 1 aliphatic heterocycles. The molecule has 65 heavy (non-hydrogen) atoms. The predicted octanol–water partition coefficient (Wildman–Crippen LogP) is 15.3. The molecule has 2 atom stereocenters. The molecule has 0 saturated heterocycles. The molecule has 5 aromatic carbocycles. The Kier molecular flexibility index (Phi) is 10.3. The van der Waals surface area contributed by atoms with Gasteiger partial charge < -0.3 is 10.0 Å². The summed E-state index contributed by atoms with van der Waals surface area (Å²) in [5.74, 6) is -1.42. The van der Waals surface area contributed by atoms with Crippen molar-refractivity contribution < 1.29 is 19.5 Å². The smallest absolute Gasteiger partial charge is 0.335 e. The minimum absolute atomic E-state index is 0.0110. The molecule has 5 nitrogen and oxygen atoms in total. The number of anilines is 2. The van der Waals surface area contributed by atoms with Crippen molar-refractivity contribution in [1.29, 1.82) is 0 Å². The molecule has 0 radical (unpaired) electrons. The van der Waals surface area contributed by atoms with Crippen LogP contribution in [0, 0.1) is 20.8 Å². The number of fused-ring (bicyclic) bond motifs is 4. The summed E-state index contributed by atoms with van der Waals surface area (Å²) in [4.78, 5) is 47.6. The third-order valence-electron chi connectivity index (χ3n) is 13.2. The second-order valence-corrected chi connectivity index (χ2v) is 20.5. The van der Waals surface area contributed by atoms with Crippen LogP contribution in [0.5, 0.6) is 0 Å². The summed E-state index contributed by atoms with van der Waals surface area (Å²) < 4.78 is 0. The second-order valence-electron chi connectivity index (χ2n) is 17.3. The van der Waals surface area contributed by atoms with Gasteiger partial charge >= 0.3 is 5.97 Å². The summed E-state index contributed by atoms with van der Waals surface area (Å²) in [5, 5.41) is 9.43. The van der Waals surface area contributed by atoms with E-state index in [1.807, 2.05) is 18.3 Å². The molecule has 318 valence electrons. The normalized spacial score (nSPS) is 16.8. The van der Waals surface area contributed by atoms with Gasteiger partial charge in [-0.2, -0.15) is 0 Å². The van der Waals surface area contributed by atoms with E-state index in [0.717, 1.165) is 20.2 Å². The van der Waals surface area contributed by atoms with Crippen LogP contribution < -0.4 is 4.90 Å². The number of aryl methyl sites for hydroxylation is 3. The highest BCUT2D eigenvalue weighted by molar-refractivity contribution is 7.27. The molecule has 0 amide bonds. The molecule has 1 saturated carbocycles. The number of carbonyl (C=O) groups excluding carboxylic acids is 2. The number of carbonyl (C=O) groups is 3. The van der Waals surface area contributed by atoms with E-state index in [0.29, 0.717) is 12.0 Å². The quantitative estimate of drug-likeness (QED) is 0.0887. The predicted molar refractivity (Wildman–Crippen MR) is 269 cm³/mol. The zero-order valence-corrected chi connectivity index (χ0v) is 38.5. The van der Waals surface area contributed by atoms with Crippen LogP contribution in [0.2, 0.25) is 0 Å². The average Bonchev–Trinajstić information content (AvgIpc) is 4.19. The van der Waals surface area contributed by atoms with E-state index in [1.54, 1.807) is 28.7 Å². The monoisotopic (exact) mass is 901 g/mol. The number of Topliss-reactive ketones (excluding diaryl/α,β-unsaturated/α-hetero) is 2. The molecule has 3 aromatic heterocycles. The van der Waals surface area contributed by atoms with Crippen LogP contribution in [-0.4, -0.2) is 28.7 Å². The lowest BCUT2D eigenvalue weighted by atomic mass is 9.95. The number of benzene rings is 5. The minimum atomic E-state index is -1.13. The lowest BCUT2D eigenvalue weighted by Crippen LogP contribution is -2.26. The van der Waals surface area contributed by atoms with Crippen LogP contribution in [0.3, 0.4) is 0 Å². The van der Waals surface area contributed by atoms with Crippen LogP contribution in [0.15, 0.2) is 145 Å². The number of carboxylic acids is 1. The van der Waals surface area contributed by atoms with Crippen LogP contribution >= 0.6 is 34.0 Å². The van der Waals surface area contributed by atoms with Gasteiger partial charge in [0.05, 0.1) is 11.1 Å². The Labute approximate surface area is 390 Å². The van der Waals surface area contributed by atoms with Gasteiger partial charge in [0, 0.05) is 63.7 Å². The molecule has 8 heteroatoms. The van der Waals surface area contributed by atoms with Crippen LogP contribution in [0.1, 0.15) is 100 Å². The Hall–Kier alpha value is -6.71. The number of hydrogen-bond acceptors (Lipinski definition) is 7. The summed E-state index contributed by atoms with van der Waals surface area (Å²) in [5.41, 5.74) is 14.0. The van der Waals surface area contributed by atoms with Crippen molar-refractivity contribution in [3.05, 3.63) is 206 Å². The van der Waals surface area contributed by atoms with Crippen molar-refractivity contribution in [2.45, 2.75) is 52.0 Å². The molecule has 0 spiro atoms. The first kappa shape index (κ1) is 41.0. The molecule has 1 fully saturated rings. The lowest BCUT2D eigenvalue weighted by Gasteiger charge is -2.27. The van der Waals surface area contributed by atoms with E-state index in [1.165, 1.54) is 108 Å². The van der Waals surface area contributed by atoms with Crippen molar-refractivity contribution in [3.63, 3.8) is 0 Å². The Balaban J connectivity index is 0.856. The van der Waals surface area contributed by atoms with Crippen molar-refractivity contribution in [1.82, 2.24) is 0 Å². The maximum atomic E-state index is 13.3. The van der Waals surface area contributed by atoms with Gasteiger partial charge in [0.25, 0.3) is 0 Å². The number of thiophene rings is 3. The molecule has 4 heterocycles. The topological polar surface area (TPSA) is 74.7 Å². The minimum Gasteiger partial charge on any atom is -0.478 e. The standard InChI is InChI=1S/C57H43NO4S3/c1-32-25-51(63-49(32)31-46-53(59)42-23-19-39(57(61)62)30-45(42)54(46)60)52-27-34(3)56(65-52)55-33(2)26-50(64-55)38-20-24-48-44(29-38)41-15-10-16-47(41)58(48)40-21-17-35(18-22-40)28-43(36-11-6-4-7-12-36)37-13-8-5-9-14-37/h4-9,11-14,17-31,41,47H,10,15-16H2,1-3H3,(H,61,62)/b46-31+. The van der Waals surface area contributed by atoms with E-state index < -0.39 is 11.8 Å². The molecule has 0 bridgehead atoms. The lowest BCUT2D eigenvalue weighted by molar-refractivity contribution is 0.0696. The van der Waals surface area contributed by atoms with Gasteiger partial charge in [-0.15, -0.1) is 34.0 Å². The molecule has 2 aliphatic carbocycles. The number of aromatic carboxylic acids is 1. The molecule has 11 rings (SSSR count). The van der Waals surface area contributed by atoms with Gasteiger partial charge in [0.1, 0.15) is 0 Å². The second kappa shape index (κ2) is 16.4. The number of rotatable bonds is 9. The largest absolute Gasteiger partial charge is 0.478 e. The fourth-order valence-corrected chi connectivity index (χ4v) is 13.8. The van der Waals surface area contributed by atoms with E-state index in [2.05, 4.69) is 146 Å². The van der Waals surface area contributed by atoms with Gasteiger partial charge in [-0.3, -0.25) is 9.59 Å². The fourth-order valence-electron chi connectivity index (χ4n) is 9.97. The molecule has 3 aliphatic rings. The summed E-state index contributed by atoms with van der Waals surface area (Å²) in [6, 6.07) is 48.8. The Morgan fingerprint density at radius 2 is 1.26 bits per heavy atom. The highest BCUT2D eigenvalue weighted by Crippen LogP contribution is 2.54. The highest BCUT2D eigenvalue weighted by atomic mass is 32.1. The Morgan fingerprint density at radius 3 is 1.95 bits per heavy atom. The van der Waals surface area contributed by atoms with E-state index in [-0.39, 0.29) is 28.0 Å². The van der Waals surface area contributed by atoms with Gasteiger partial charge in [0.2, 0.25) is 0 Å². The third kappa shape index (κ3) is 7.26. The zero-order chi connectivity index (χ0) is 44.5. The van der Waals surface area contributed by atoms with Gasteiger partial charge in [-0.05, 0) is 157 Å². The van der Waals surface area contributed by atoms with Gasteiger partial charge in [-0.25, -0.2) is 4.79 Å². The van der Waals surface area contributed by atoms with E-state index >= 15 is 0 Å². The van der Waals surface area contributed by atoms with Crippen molar-refractivity contribution in [2.75, 3.05) is 4.90 Å². The summed E-state index contributed by atoms with van der Waals surface area (Å²) in [6.07, 6.45) is 7.61. The first-order valence-electron chi connectivity index (χ1n) is 22.0. The summed E-state index contributed by atoms with van der Waals surface area (Å²) in [6.45, 7) is 6.38. The summed E-state index contributed by atoms with van der Waals surface area (Å²) >= 11 is 5.21. The van der Waals surface area contributed by atoms with E-state index in [9.17, 15) is 19.5 Å². The Bertz CT molecular complexity index is 3250. The molecular weight excluding hydrogens is 859 g/mol. The maximum Gasteiger partial charge on any atom is 0.335 e.